The lowest BCUT2D eigenvalue weighted by Gasteiger charge is -2.11. The molecule has 5 heterocycles. The number of benzene rings is 11. The van der Waals surface area contributed by atoms with Crippen LogP contribution in [0.5, 0.6) is 0 Å². The van der Waals surface area contributed by atoms with Gasteiger partial charge in [0.1, 0.15) is 22.3 Å². The second kappa shape index (κ2) is 16.8. The van der Waals surface area contributed by atoms with Crippen molar-refractivity contribution < 1.29 is 8.83 Å². The van der Waals surface area contributed by atoms with Crippen molar-refractivity contribution in [2.45, 2.75) is 0 Å². The zero-order valence-corrected chi connectivity index (χ0v) is 41.4. The van der Waals surface area contributed by atoms with Crippen molar-refractivity contribution in [2.24, 2.45) is 0 Å². The van der Waals surface area contributed by atoms with Gasteiger partial charge in [0, 0.05) is 80.4 Å². The number of hydrogen-bond acceptors (Lipinski definition) is 6. The topological polar surface area (TPSA) is 69.9 Å². The Morgan fingerprint density at radius 1 is 0.303 bits per heavy atom. The minimum atomic E-state index is 0.569. The molecular weight excluding hydrogens is 949 g/mol. The number of fused-ring (bicyclic) bond motifs is 12. The summed E-state index contributed by atoms with van der Waals surface area (Å²) in [5, 5.41) is 9.11. The van der Waals surface area contributed by atoms with Crippen molar-refractivity contribution in [3.8, 4) is 73.2 Å². The molecule has 0 amide bonds. The Bertz CT molecular complexity index is 4990. The summed E-state index contributed by atoms with van der Waals surface area (Å²) in [7, 11) is 0. The molecule has 11 aromatic carbocycles. The molecule has 0 N–H and O–H groups in total. The molecule has 0 saturated heterocycles. The normalized spacial score (nSPS) is 11.9. The summed E-state index contributed by atoms with van der Waals surface area (Å²) < 4.78 is 17.8. The van der Waals surface area contributed by atoms with Gasteiger partial charge in [-0.15, -0.1) is 11.3 Å². The fourth-order valence-electron chi connectivity index (χ4n) is 11.5. The van der Waals surface area contributed by atoms with Crippen LogP contribution in [-0.2, 0) is 0 Å². The summed E-state index contributed by atoms with van der Waals surface area (Å²) in [6.07, 6.45) is 0. The molecule has 0 aliphatic heterocycles. The van der Waals surface area contributed by atoms with Gasteiger partial charge in [0.15, 0.2) is 17.5 Å². The van der Waals surface area contributed by atoms with E-state index >= 15 is 0 Å². The van der Waals surface area contributed by atoms with Crippen LogP contribution in [0.2, 0.25) is 0 Å². The van der Waals surface area contributed by atoms with Gasteiger partial charge in [0.05, 0.1) is 11.0 Å². The molecule has 0 atom stereocenters. The summed E-state index contributed by atoms with van der Waals surface area (Å²) >= 11 is 1.86. The molecule has 0 spiro atoms. The van der Waals surface area contributed by atoms with Crippen LogP contribution in [0, 0.1) is 0 Å². The predicted octanol–water partition coefficient (Wildman–Crippen LogP) is 19.1. The third-order valence-corrected chi connectivity index (χ3v) is 16.3. The van der Waals surface area contributed by atoms with Crippen molar-refractivity contribution in [1.82, 2.24) is 19.5 Å². The molecule has 16 aromatic rings. The van der Waals surface area contributed by atoms with Gasteiger partial charge in [-0.05, 0) is 113 Å². The standard InChI is InChI=1S/C69H40N4O2S/c1-3-14-42(15-4-1)67-70-68(43-28-26-41(27-29-43)45-30-33-51-50-19-8-11-23-60(50)75-63(51)40-45)72-69(71-67)53-21-13-24-62-65(53)57-36-44(32-35-61(57)74-62)47-38-54(66-56(39-47)52-20-9-12-25-64(52)76-66)46-31-34-59-55(37-46)49-18-7-10-22-58(49)73(59)48-16-5-2-6-17-48/h1-40H. The molecule has 354 valence electrons. The minimum absolute atomic E-state index is 0.569. The highest BCUT2D eigenvalue weighted by Crippen LogP contribution is 2.46. The zero-order valence-electron chi connectivity index (χ0n) is 40.6. The third kappa shape index (κ3) is 6.76. The highest BCUT2D eigenvalue weighted by Gasteiger charge is 2.21. The first-order chi connectivity index (χ1) is 37.6. The van der Waals surface area contributed by atoms with Crippen molar-refractivity contribution in [3.63, 3.8) is 0 Å². The zero-order chi connectivity index (χ0) is 49.8. The van der Waals surface area contributed by atoms with Gasteiger partial charge < -0.3 is 13.4 Å². The number of para-hydroxylation sites is 3. The summed E-state index contributed by atoms with van der Waals surface area (Å²) in [6, 6.07) is 85.8. The van der Waals surface area contributed by atoms with Gasteiger partial charge in [-0.25, -0.2) is 15.0 Å². The predicted molar refractivity (Wildman–Crippen MR) is 314 cm³/mol. The lowest BCUT2D eigenvalue weighted by molar-refractivity contribution is 0.668. The molecule has 7 heteroatoms. The highest BCUT2D eigenvalue weighted by molar-refractivity contribution is 7.26. The SMILES string of the molecule is c1ccc(-c2nc(-c3ccc(-c4ccc5c(c4)oc4ccccc45)cc3)nc(-c3cccc4oc5ccc(-c6cc(-c7ccc8c(c7)c7ccccc7n8-c7ccccc7)c7sc8ccccc8c7c6)cc5c34)n2)cc1. The van der Waals surface area contributed by atoms with E-state index in [0.29, 0.717) is 17.5 Å². The summed E-state index contributed by atoms with van der Waals surface area (Å²) in [5.41, 5.74) is 16.2. The fourth-order valence-corrected chi connectivity index (χ4v) is 12.7. The first-order valence-electron chi connectivity index (χ1n) is 25.5. The van der Waals surface area contributed by atoms with Crippen molar-refractivity contribution in [3.05, 3.63) is 243 Å². The molecule has 0 bridgehead atoms. The number of rotatable bonds is 7. The first-order valence-corrected chi connectivity index (χ1v) is 26.3. The van der Waals surface area contributed by atoms with Crippen molar-refractivity contribution in [2.75, 3.05) is 0 Å². The van der Waals surface area contributed by atoms with Crippen LogP contribution in [0.1, 0.15) is 0 Å². The van der Waals surface area contributed by atoms with E-state index in [4.69, 9.17) is 23.8 Å². The second-order valence-electron chi connectivity index (χ2n) is 19.5. The molecule has 0 fully saturated rings. The molecule has 0 radical (unpaired) electrons. The molecule has 0 aliphatic rings. The number of furan rings is 2. The van der Waals surface area contributed by atoms with E-state index in [-0.39, 0.29) is 0 Å². The summed E-state index contributed by atoms with van der Waals surface area (Å²) in [5.74, 6) is 1.75. The second-order valence-corrected chi connectivity index (χ2v) is 20.5. The van der Waals surface area contributed by atoms with E-state index < -0.39 is 0 Å². The molecule has 0 aliphatic carbocycles. The van der Waals surface area contributed by atoms with E-state index in [2.05, 4.69) is 187 Å². The van der Waals surface area contributed by atoms with Gasteiger partial charge >= 0.3 is 0 Å². The Morgan fingerprint density at radius 2 is 0.882 bits per heavy atom. The van der Waals surface area contributed by atoms with Gasteiger partial charge in [0.2, 0.25) is 0 Å². The maximum Gasteiger partial charge on any atom is 0.164 e. The largest absolute Gasteiger partial charge is 0.456 e. The Hall–Kier alpha value is -9.95. The number of hydrogen-bond donors (Lipinski definition) is 0. The molecule has 6 nitrogen and oxygen atoms in total. The lowest BCUT2D eigenvalue weighted by Crippen LogP contribution is -2.00. The summed E-state index contributed by atoms with van der Waals surface area (Å²) in [4.78, 5) is 15.6. The molecule has 0 saturated carbocycles. The number of nitrogens with zero attached hydrogens (tertiary/aromatic N) is 4. The van der Waals surface area contributed by atoms with E-state index in [9.17, 15) is 0 Å². The molecule has 16 rings (SSSR count). The van der Waals surface area contributed by atoms with Crippen molar-refractivity contribution in [1.29, 1.82) is 0 Å². The molecular formula is C69H40N4O2S. The van der Waals surface area contributed by atoms with Crippen LogP contribution in [0.25, 0.3) is 159 Å². The Labute approximate surface area is 439 Å². The van der Waals surface area contributed by atoms with Crippen LogP contribution in [0.15, 0.2) is 251 Å². The summed E-state index contributed by atoms with van der Waals surface area (Å²) in [6.45, 7) is 0. The smallest absolute Gasteiger partial charge is 0.164 e. The van der Waals surface area contributed by atoms with Gasteiger partial charge in [-0.2, -0.15) is 0 Å². The van der Waals surface area contributed by atoms with Crippen LogP contribution >= 0.6 is 11.3 Å². The maximum absolute atomic E-state index is 6.67. The van der Waals surface area contributed by atoms with E-state index in [0.717, 1.165) is 88.5 Å². The van der Waals surface area contributed by atoms with Crippen LogP contribution in [0.3, 0.4) is 0 Å². The monoisotopic (exact) mass is 988 g/mol. The van der Waals surface area contributed by atoms with Crippen LogP contribution in [0.4, 0.5) is 0 Å². The average Bonchev–Trinajstić information content (AvgIpc) is 4.27. The van der Waals surface area contributed by atoms with E-state index in [1.54, 1.807) is 0 Å². The van der Waals surface area contributed by atoms with Crippen molar-refractivity contribution >= 4 is 97.2 Å². The van der Waals surface area contributed by atoms with Gasteiger partial charge in [-0.1, -0.05) is 158 Å². The van der Waals surface area contributed by atoms with E-state index in [1.165, 1.54) is 53.1 Å². The fraction of sp³-hybridized carbons (Fsp3) is 0. The molecule has 76 heavy (non-hydrogen) atoms. The highest BCUT2D eigenvalue weighted by atomic mass is 32.1. The Morgan fingerprint density at radius 3 is 1.74 bits per heavy atom. The van der Waals surface area contributed by atoms with Crippen LogP contribution < -0.4 is 0 Å². The van der Waals surface area contributed by atoms with Crippen LogP contribution in [-0.4, -0.2) is 19.5 Å². The quantitative estimate of drug-likeness (QED) is 0.159. The first kappa shape index (κ1) is 42.5. The molecule has 5 aromatic heterocycles. The lowest BCUT2D eigenvalue weighted by atomic mass is 9.94. The Kier molecular flexibility index (Phi) is 9.40. The van der Waals surface area contributed by atoms with Gasteiger partial charge in [0.25, 0.3) is 0 Å². The maximum atomic E-state index is 6.67. The third-order valence-electron chi connectivity index (χ3n) is 15.1. The van der Waals surface area contributed by atoms with E-state index in [1.807, 2.05) is 72.0 Å². The number of aromatic nitrogens is 4. The molecule has 0 unspecified atom stereocenters. The number of thiophene rings is 1. The average molecular weight is 989 g/mol. The Balaban J connectivity index is 0.837. The van der Waals surface area contributed by atoms with Gasteiger partial charge in [-0.3, -0.25) is 0 Å². The minimum Gasteiger partial charge on any atom is -0.456 e.